The quantitative estimate of drug-likeness (QED) is 0.607. The smallest absolute Gasteiger partial charge is 0.230 e. The summed E-state index contributed by atoms with van der Waals surface area (Å²) in [4.78, 5) is 10.5. The molecular weight excluding hydrogens is 406 g/mol. The molecule has 2 aromatic heterocycles. The molecule has 1 aliphatic heterocycles. The maximum atomic E-state index is 10.9. The zero-order valence-corrected chi connectivity index (χ0v) is 18.5. The Hall–Kier alpha value is -2.56. The van der Waals surface area contributed by atoms with E-state index in [1.54, 1.807) is 21.3 Å². The number of likely N-dealkylation sites (N-methyl/N-ethyl adjacent to an activating group) is 1. The van der Waals surface area contributed by atoms with Crippen molar-refractivity contribution in [2.45, 2.75) is 13.0 Å². The zero-order chi connectivity index (χ0) is 21.3. The maximum absolute atomic E-state index is 10.9. The molecule has 1 N–H and O–H groups in total. The Morgan fingerprint density at radius 2 is 1.73 bits per heavy atom. The van der Waals surface area contributed by atoms with Gasteiger partial charge < -0.3 is 24.2 Å². The normalized spacial score (nSPS) is 16.7. The lowest BCUT2D eigenvalue weighted by Gasteiger charge is -2.39. The van der Waals surface area contributed by atoms with Crippen LogP contribution in [-0.2, 0) is 0 Å². The van der Waals surface area contributed by atoms with Gasteiger partial charge in [-0.25, -0.2) is 4.98 Å². The first-order valence-electron chi connectivity index (χ1n) is 9.88. The number of piperazine rings is 1. The van der Waals surface area contributed by atoms with Gasteiger partial charge in [-0.2, -0.15) is 9.61 Å². The van der Waals surface area contributed by atoms with Gasteiger partial charge in [-0.15, -0.1) is 0 Å². The van der Waals surface area contributed by atoms with Gasteiger partial charge >= 0.3 is 0 Å². The second-order valence-corrected chi connectivity index (χ2v) is 8.08. The van der Waals surface area contributed by atoms with Crippen LogP contribution in [0.25, 0.3) is 4.96 Å². The minimum absolute atomic E-state index is 0.115. The van der Waals surface area contributed by atoms with Gasteiger partial charge in [0.1, 0.15) is 6.33 Å². The van der Waals surface area contributed by atoms with Crippen LogP contribution in [0.4, 0.5) is 0 Å². The molecule has 0 bridgehead atoms. The van der Waals surface area contributed by atoms with E-state index >= 15 is 0 Å². The summed E-state index contributed by atoms with van der Waals surface area (Å²) in [6, 6.07) is 3.72. The van der Waals surface area contributed by atoms with Crippen LogP contribution < -0.4 is 14.2 Å². The van der Waals surface area contributed by atoms with E-state index in [4.69, 9.17) is 14.2 Å². The van der Waals surface area contributed by atoms with E-state index < -0.39 is 0 Å². The van der Waals surface area contributed by atoms with Crippen molar-refractivity contribution in [3.05, 3.63) is 28.9 Å². The molecule has 0 radical (unpaired) electrons. The number of rotatable bonds is 7. The van der Waals surface area contributed by atoms with Crippen LogP contribution in [-0.4, -0.2) is 83.6 Å². The predicted molar refractivity (Wildman–Crippen MR) is 114 cm³/mol. The molecule has 0 saturated carbocycles. The van der Waals surface area contributed by atoms with E-state index in [1.807, 2.05) is 12.1 Å². The van der Waals surface area contributed by atoms with Crippen molar-refractivity contribution >= 4 is 16.3 Å². The van der Waals surface area contributed by atoms with Crippen LogP contribution in [0.15, 0.2) is 18.5 Å². The van der Waals surface area contributed by atoms with Gasteiger partial charge in [0, 0.05) is 26.2 Å². The summed E-state index contributed by atoms with van der Waals surface area (Å²) in [5.74, 6) is 1.83. The fraction of sp³-hybridized carbons (Fsp3) is 0.500. The van der Waals surface area contributed by atoms with Gasteiger partial charge in [0.25, 0.3) is 0 Å². The molecule has 3 heterocycles. The number of hydrogen-bond donors (Lipinski definition) is 1. The summed E-state index contributed by atoms with van der Waals surface area (Å²) in [6.07, 6.45) is 1.45. The average molecular weight is 434 g/mol. The monoisotopic (exact) mass is 433 g/mol. The molecule has 9 nitrogen and oxygen atoms in total. The number of hydrogen-bond acceptors (Lipinski definition) is 9. The molecule has 0 spiro atoms. The number of aromatic nitrogens is 3. The van der Waals surface area contributed by atoms with Crippen LogP contribution >= 0.6 is 11.3 Å². The highest BCUT2D eigenvalue weighted by molar-refractivity contribution is 7.17. The SMILES string of the molecule is CCN1CCN([C@H](c2cc(OC)c(OC)c(OC)c2)c2sc3ncnn3c2O)CC1. The topological polar surface area (TPSA) is 84.6 Å². The van der Waals surface area contributed by atoms with Gasteiger partial charge in [-0.3, -0.25) is 4.90 Å². The highest BCUT2D eigenvalue weighted by Crippen LogP contribution is 2.45. The van der Waals surface area contributed by atoms with E-state index in [0.717, 1.165) is 43.2 Å². The fourth-order valence-electron chi connectivity index (χ4n) is 4.00. The Morgan fingerprint density at radius 3 is 2.27 bits per heavy atom. The molecule has 0 amide bonds. The standard InChI is InChI=1S/C20H27N5O4S/c1-5-23-6-8-24(9-7-23)16(18-19(26)25-20(30-18)21-12-22-25)13-10-14(27-2)17(29-4)15(11-13)28-3/h10-12,16,26H,5-9H2,1-4H3/t16-/m1/s1. The van der Waals surface area contributed by atoms with Crippen LogP contribution in [0.3, 0.4) is 0 Å². The van der Waals surface area contributed by atoms with Gasteiger partial charge in [-0.1, -0.05) is 18.3 Å². The summed E-state index contributed by atoms with van der Waals surface area (Å²) < 4.78 is 18.1. The molecule has 3 aromatic rings. The first-order valence-corrected chi connectivity index (χ1v) is 10.7. The summed E-state index contributed by atoms with van der Waals surface area (Å²) >= 11 is 1.44. The van der Waals surface area contributed by atoms with Crippen molar-refractivity contribution in [3.63, 3.8) is 0 Å². The third kappa shape index (κ3) is 3.55. The Kier molecular flexibility index (Phi) is 5.98. The Morgan fingerprint density at radius 1 is 1.07 bits per heavy atom. The van der Waals surface area contributed by atoms with E-state index in [2.05, 4.69) is 26.8 Å². The highest BCUT2D eigenvalue weighted by atomic mass is 32.1. The van der Waals surface area contributed by atoms with Crippen molar-refractivity contribution in [1.29, 1.82) is 0 Å². The second kappa shape index (κ2) is 8.66. The molecule has 30 heavy (non-hydrogen) atoms. The minimum atomic E-state index is -0.189. The lowest BCUT2D eigenvalue weighted by Crippen LogP contribution is -2.47. The lowest BCUT2D eigenvalue weighted by atomic mass is 10.0. The second-order valence-electron chi connectivity index (χ2n) is 7.08. The Bertz CT molecular complexity index is 987. The molecule has 162 valence electrons. The number of aromatic hydroxyl groups is 1. The van der Waals surface area contributed by atoms with Crippen molar-refractivity contribution in [3.8, 4) is 23.1 Å². The number of fused-ring (bicyclic) bond motifs is 1. The summed E-state index contributed by atoms with van der Waals surface area (Å²) in [5, 5.41) is 15.1. The summed E-state index contributed by atoms with van der Waals surface area (Å²) in [7, 11) is 4.81. The first kappa shape index (κ1) is 20.7. The number of methoxy groups -OCH3 is 3. The molecule has 1 saturated heterocycles. The van der Waals surface area contributed by atoms with E-state index in [0.29, 0.717) is 22.2 Å². The molecule has 1 aromatic carbocycles. The number of nitrogens with zero attached hydrogens (tertiary/aromatic N) is 5. The highest BCUT2D eigenvalue weighted by Gasteiger charge is 2.32. The molecule has 1 atom stereocenters. The third-order valence-electron chi connectivity index (χ3n) is 5.61. The molecule has 10 heteroatoms. The molecule has 4 rings (SSSR count). The minimum Gasteiger partial charge on any atom is -0.493 e. The fourth-order valence-corrected chi connectivity index (χ4v) is 5.09. The molecule has 1 aliphatic rings. The van der Waals surface area contributed by atoms with Crippen molar-refractivity contribution in [2.24, 2.45) is 0 Å². The molecule has 0 unspecified atom stereocenters. The molecule has 1 fully saturated rings. The summed E-state index contributed by atoms with van der Waals surface area (Å²) in [5.41, 5.74) is 0.953. The molecular formula is C20H27N5O4S. The van der Waals surface area contributed by atoms with Crippen molar-refractivity contribution in [2.75, 3.05) is 54.1 Å². The average Bonchev–Trinajstić information content (AvgIpc) is 3.37. The van der Waals surface area contributed by atoms with Crippen LogP contribution in [0.5, 0.6) is 23.1 Å². The Balaban J connectivity index is 1.83. The number of thiazole rings is 1. The molecule has 0 aliphatic carbocycles. The maximum Gasteiger partial charge on any atom is 0.230 e. The van der Waals surface area contributed by atoms with Crippen molar-refractivity contribution < 1.29 is 19.3 Å². The van der Waals surface area contributed by atoms with E-state index in [-0.39, 0.29) is 11.9 Å². The zero-order valence-electron chi connectivity index (χ0n) is 17.7. The number of ether oxygens (including phenoxy) is 3. The van der Waals surface area contributed by atoms with E-state index in [1.165, 1.54) is 22.2 Å². The van der Waals surface area contributed by atoms with Gasteiger partial charge in [-0.05, 0) is 24.2 Å². The van der Waals surface area contributed by atoms with Crippen LogP contribution in [0, 0.1) is 0 Å². The van der Waals surface area contributed by atoms with Gasteiger partial charge in [0.15, 0.2) is 11.5 Å². The third-order valence-corrected chi connectivity index (χ3v) is 6.70. The first-order chi connectivity index (χ1) is 14.6. The van der Waals surface area contributed by atoms with Gasteiger partial charge in [0.05, 0.1) is 32.2 Å². The lowest BCUT2D eigenvalue weighted by molar-refractivity contribution is 0.113. The van der Waals surface area contributed by atoms with Gasteiger partial charge in [0.2, 0.25) is 16.6 Å². The Labute approximate surface area is 179 Å². The summed E-state index contributed by atoms with van der Waals surface area (Å²) in [6.45, 7) is 6.91. The predicted octanol–water partition coefficient (Wildman–Crippen LogP) is 2.25. The number of benzene rings is 1. The van der Waals surface area contributed by atoms with E-state index in [9.17, 15) is 5.11 Å². The van der Waals surface area contributed by atoms with Crippen LogP contribution in [0.2, 0.25) is 0 Å². The van der Waals surface area contributed by atoms with Crippen LogP contribution in [0.1, 0.15) is 23.4 Å². The largest absolute Gasteiger partial charge is 0.493 e. The van der Waals surface area contributed by atoms with Crippen molar-refractivity contribution in [1.82, 2.24) is 24.4 Å².